The van der Waals surface area contributed by atoms with Gasteiger partial charge in [-0.2, -0.15) is 0 Å². The van der Waals surface area contributed by atoms with Gasteiger partial charge in [0, 0.05) is 16.6 Å². The van der Waals surface area contributed by atoms with Crippen molar-refractivity contribution in [3.63, 3.8) is 0 Å². The van der Waals surface area contributed by atoms with Crippen LogP contribution < -0.4 is 10.9 Å². The number of nitrogens with one attached hydrogen (secondary N) is 1. The van der Waals surface area contributed by atoms with Crippen molar-refractivity contribution in [3.8, 4) is 11.1 Å². The van der Waals surface area contributed by atoms with E-state index in [1.807, 2.05) is 0 Å². The second kappa shape index (κ2) is 8.49. The monoisotopic (exact) mass is 437 g/mol. The Morgan fingerprint density at radius 2 is 1.84 bits per heavy atom. The zero-order chi connectivity index (χ0) is 22.0. The molecule has 0 aliphatic rings. The molecular formula is C22H16FN3O4S. The number of benzene rings is 2. The minimum absolute atomic E-state index is 0.218. The third-order valence-electron chi connectivity index (χ3n) is 4.61. The number of carbonyl (C=O) groups excluding carboxylic acids is 2. The quantitative estimate of drug-likeness (QED) is 0.481. The lowest BCUT2D eigenvalue weighted by Crippen LogP contribution is -2.27. The molecule has 0 saturated heterocycles. The van der Waals surface area contributed by atoms with Gasteiger partial charge in [0.2, 0.25) is 5.91 Å². The van der Waals surface area contributed by atoms with Crippen LogP contribution in [0.15, 0.2) is 65.0 Å². The van der Waals surface area contributed by atoms with Gasteiger partial charge in [-0.25, -0.2) is 14.2 Å². The SMILES string of the molecule is COC(=O)c1ccc(NC(=O)Cn2cnc3c(-c4ccc(F)cc4)csc3c2=O)cc1. The summed E-state index contributed by atoms with van der Waals surface area (Å²) in [5, 5.41) is 4.47. The van der Waals surface area contributed by atoms with Crippen LogP contribution in [0.5, 0.6) is 0 Å². The highest BCUT2D eigenvalue weighted by atomic mass is 32.1. The summed E-state index contributed by atoms with van der Waals surface area (Å²) >= 11 is 1.23. The highest BCUT2D eigenvalue weighted by Crippen LogP contribution is 2.30. The van der Waals surface area contributed by atoms with Crippen molar-refractivity contribution in [1.82, 2.24) is 9.55 Å². The van der Waals surface area contributed by atoms with Crippen molar-refractivity contribution in [2.24, 2.45) is 0 Å². The Bertz CT molecular complexity index is 1330. The van der Waals surface area contributed by atoms with E-state index in [0.29, 0.717) is 21.5 Å². The molecule has 4 rings (SSSR count). The zero-order valence-electron chi connectivity index (χ0n) is 16.3. The van der Waals surface area contributed by atoms with Crippen molar-refractivity contribution in [2.75, 3.05) is 12.4 Å². The van der Waals surface area contributed by atoms with Crippen LogP contribution in [-0.2, 0) is 16.1 Å². The van der Waals surface area contributed by atoms with Crippen LogP contribution in [0, 0.1) is 5.82 Å². The minimum Gasteiger partial charge on any atom is -0.465 e. The number of methoxy groups -OCH3 is 1. The number of aromatic nitrogens is 2. The van der Waals surface area contributed by atoms with Gasteiger partial charge in [-0.1, -0.05) is 12.1 Å². The zero-order valence-corrected chi connectivity index (χ0v) is 17.1. The van der Waals surface area contributed by atoms with Crippen molar-refractivity contribution in [2.45, 2.75) is 6.54 Å². The molecule has 9 heteroatoms. The van der Waals surface area contributed by atoms with E-state index in [9.17, 15) is 18.8 Å². The molecule has 0 aliphatic heterocycles. The number of anilines is 1. The van der Waals surface area contributed by atoms with Crippen LogP contribution in [-0.4, -0.2) is 28.5 Å². The lowest BCUT2D eigenvalue weighted by atomic mass is 10.1. The maximum Gasteiger partial charge on any atom is 0.337 e. The first-order valence-corrected chi connectivity index (χ1v) is 10.0. The van der Waals surface area contributed by atoms with Crippen LogP contribution >= 0.6 is 11.3 Å². The second-order valence-electron chi connectivity index (χ2n) is 6.63. The predicted octanol–water partition coefficient (Wildman–Crippen LogP) is 3.69. The average molecular weight is 437 g/mol. The third-order valence-corrected chi connectivity index (χ3v) is 5.56. The van der Waals surface area contributed by atoms with Gasteiger partial charge < -0.3 is 10.1 Å². The molecule has 0 unspecified atom stereocenters. The van der Waals surface area contributed by atoms with Gasteiger partial charge in [0.05, 0.1) is 24.5 Å². The molecule has 1 N–H and O–H groups in total. The second-order valence-corrected chi connectivity index (χ2v) is 7.51. The summed E-state index contributed by atoms with van der Waals surface area (Å²) in [6.45, 7) is -0.218. The summed E-state index contributed by atoms with van der Waals surface area (Å²) < 4.78 is 19.5. The van der Waals surface area contributed by atoms with Gasteiger partial charge >= 0.3 is 5.97 Å². The Morgan fingerprint density at radius 3 is 2.52 bits per heavy atom. The molecule has 2 aromatic carbocycles. The maximum absolute atomic E-state index is 13.2. The normalized spacial score (nSPS) is 10.8. The molecule has 0 radical (unpaired) electrons. The van der Waals surface area contributed by atoms with Crippen molar-refractivity contribution in [1.29, 1.82) is 0 Å². The number of amides is 1. The molecular weight excluding hydrogens is 421 g/mol. The van der Waals surface area contributed by atoms with Gasteiger partial charge in [0.1, 0.15) is 17.1 Å². The lowest BCUT2D eigenvalue weighted by molar-refractivity contribution is -0.116. The van der Waals surface area contributed by atoms with Crippen LogP contribution in [0.25, 0.3) is 21.3 Å². The number of ether oxygens (including phenoxy) is 1. The van der Waals surface area contributed by atoms with E-state index in [1.54, 1.807) is 29.6 Å². The number of rotatable bonds is 5. The fourth-order valence-corrected chi connectivity index (χ4v) is 4.03. The highest BCUT2D eigenvalue weighted by molar-refractivity contribution is 7.17. The first-order valence-electron chi connectivity index (χ1n) is 9.17. The van der Waals surface area contributed by atoms with Gasteiger partial charge in [-0.15, -0.1) is 11.3 Å². The number of esters is 1. The van der Waals surface area contributed by atoms with Gasteiger partial charge in [-0.05, 0) is 42.0 Å². The number of carbonyl (C=O) groups is 2. The van der Waals surface area contributed by atoms with Crippen LogP contribution in [0.1, 0.15) is 10.4 Å². The highest BCUT2D eigenvalue weighted by Gasteiger charge is 2.14. The molecule has 4 aromatic rings. The molecule has 0 fully saturated rings. The van der Waals surface area contributed by atoms with Gasteiger partial charge in [0.15, 0.2) is 0 Å². The molecule has 7 nitrogen and oxygen atoms in total. The van der Waals surface area contributed by atoms with E-state index in [4.69, 9.17) is 0 Å². The van der Waals surface area contributed by atoms with Gasteiger partial charge in [-0.3, -0.25) is 14.2 Å². The van der Waals surface area contributed by atoms with Crippen LogP contribution in [0.2, 0.25) is 0 Å². The summed E-state index contributed by atoms with van der Waals surface area (Å²) in [6.07, 6.45) is 1.32. The van der Waals surface area contributed by atoms with E-state index in [2.05, 4.69) is 15.0 Å². The molecule has 2 heterocycles. The van der Waals surface area contributed by atoms with E-state index in [1.165, 1.54) is 53.6 Å². The minimum atomic E-state index is -0.472. The summed E-state index contributed by atoms with van der Waals surface area (Å²) in [7, 11) is 1.29. The number of nitrogens with zero attached hydrogens (tertiary/aromatic N) is 2. The fraction of sp³-hybridized carbons (Fsp3) is 0.0909. The summed E-state index contributed by atoms with van der Waals surface area (Å²) in [5.41, 5.74) is 2.51. The van der Waals surface area contributed by atoms with E-state index < -0.39 is 11.9 Å². The molecule has 2 aromatic heterocycles. The lowest BCUT2D eigenvalue weighted by Gasteiger charge is -2.08. The Balaban J connectivity index is 1.53. The van der Waals surface area contributed by atoms with Crippen molar-refractivity contribution < 1.29 is 18.7 Å². The Hall–Kier alpha value is -3.85. The Labute approximate surface area is 179 Å². The number of hydrogen-bond acceptors (Lipinski definition) is 6. The number of halogens is 1. The molecule has 0 saturated carbocycles. The summed E-state index contributed by atoms with van der Waals surface area (Å²) in [4.78, 5) is 41.0. The predicted molar refractivity (Wildman–Crippen MR) is 116 cm³/mol. The number of hydrogen-bond donors (Lipinski definition) is 1. The number of thiophene rings is 1. The molecule has 0 bridgehead atoms. The molecule has 0 aliphatic carbocycles. The largest absolute Gasteiger partial charge is 0.465 e. The molecule has 1 amide bonds. The van der Waals surface area contributed by atoms with E-state index in [0.717, 1.165) is 11.1 Å². The first-order chi connectivity index (χ1) is 15.0. The molecule has 0 spiro atoms. The summed E-state index contributed by atoms with van der Waals surface area (Å²) in [5.74, 6) is -1.23. The van der Waals surface area contributed by atoms with Crippen molar-refractivity contribution in [3.05, 3.63) is 82.0 Å². The average Bonchev–Trinajstić information content (AvgIpc) is 3.21. The van der Waals surface area contributed by atoms with Crippen LogP contribution in [0.4, 0.5) is 10.1 Å². The Kier molecular flexibility index (Phi) is 5.59. The van der Waals surface area contributed by atoms with Gasteiger partial charge in [0.25, 0.3) is 5.56 Å². The maximum atomic E-state index is 13.2. The van der Waals surface area contributed by atoms with E-state index in [-0.39, 0.29) is 17.9 Å². The van der Waals surface area contributed by atoms with E-state index >= 15 is 0 Å². The topological polar surface area (TPSA) is 90.3 Å². The smallest absolute Gasteiger partial charge is 0.337 e. The molecule has 31 heavy (non-hydrogen) atoms. The number of fused-ring (bicyclic) bond motifs is 1. The molecule has 156 valence electrons. The standard InChI is InChI=1S/C22H16FN3O4S/c1-30-22(29)14-4-8-16(9-5-14)25-18(27)10-26-12-24-19-17(11-31-20(19)21(26)28)13-2-6-15(23)7-3-13/h2-9,11-12H,10H2,1H3,(H,25,27). The third kappa shape index (κ3) is 4.22. The first kappa shape index (κ1) is 20.4. The van der Waals surface area contributed by atoms with Crippen molar-refractivity contribution >= 4 is 39.1 Å². The molecule has 0 atom stereocenters. The Morgan fingerprint density at radius 1 is 1.13 bits per heavy atom. The van der Waals surface area contributed by atoms with Crippen LogP contribution in [0.3, 0.4) is 0 Å². The summed E-state index contributed by atoms with van der Waals surface area (Å²) in [6, 6.07) is 12.2. The fourth-order valence-electron chi connectivity index (χ4n) is 3.05.